The summed E-state index contributed by atoms with van der Waals surface area (Å²) in [5.74, 6) is 1.28. The van der Waals surface area contributed by atoms with Crippen LogP contribution in [0.1, 0.15) is 19.7 Å². The number of hydrogen-bond acceptors (Lipinski definition) is 7. The summed E-state index contributed by atoms with van der Waals surface area (Å²) in [4.78, 5) is 23.3. The van der Waals surface area contributed by atoms with Gasteiger partial charge >= 0.3 is 0 Å². The van der Waals surface area contributed by atoms with Crippen LogP contribution in [0.15, 0.2) is 47.1 Å². The standard InChI is InChI=1S/C23H29N3O4S/c1-5-10-30-13-16(27)11-26(15(2)3)12-20-24-22(28)21-18(14-31-23(21)25-20)17-8-6-7-9-19(17)29-4/h5-9,14-16,27H,1,10-13H2,2-4H3,(H,24,25,28). The third-order valence-electron chi connectivity index (χ3n) is 4.96. The molecule has 166 valence electrons. The van der Waals surface area contributed by atoms with Crippen LogP contribution in [0.3, 0.4) is 0 Å². The normalized spacial score (nSPS) is 12.6. The van der Waals surface area contributed by atoms with Crippen LogP contribution >= 0.6 is 11.3 Å². The van der Waals surface area contributed by atoms with Crippen molar-refractivity contribution in [3.63, 3.8) is 0 Å². The predicted octanol–water partition coefficient (Wildman–Crippen LogP) is 3.43. The summed E-state index contributed by atoms with van der Waals surface area (Å²) in [5, 5.41) is 12.8. The van der Waals surface area contributed by atoms with Crippen LogP contribution in [0.5, 0.6) is 5.75 Å². The van der Waals surface area contributed by atoms with Gasteiger partial charge in [0.05, 0.1) is 38.4 Å². The number of fused-ring (bicyclic) bond motifs is 1. The van der Waals surface area contributed by atoms with Gasteiger partial charge in [0, 0.05) is 29.1 Å². The topological polar surface area (TPSA) is 87.7 Å². The van der Waals surface area contributed by atoms with Gasteiger partial charge in [0.2, 0.25) is 0 Å². The highest BCUT2D eigenvalue weighted by atomic mass is 32.1. The molecule has 0 amide bonds. The van der Waals surface area contributed by atoms with Crippen LogP contribution in [0, 0.1) is 0 Å². The van der Waals surface area contributed by atoms with Gasteiger partial charge in [-0.2, -0.15) is 0 Å². The van der Waals surface area contributed by atoms with Gasteiger partial charge in [0.25, 0.3) is 5.56 Å². The molecular weight excluding hydrogens is 414 g/mol. The molecule has 0 aliphatic carbocycles. The number of para-hydroxylation sites is 1. The number of methoxy groups -OCH3 is 1. The molecule has 3 rings (SSSR count). The van der Waals surface area contributed by atoms with E-state index in [4.69, 9.17) is 14.5 Å². The molecule has 1 unspecified atom stereocenters. The van der Waals surface area contributed by atoms with Crippen LogP contribution in [-0.2, 0) is 11.3 Å². The average molecular weight is 444 g/mol. The van der Waals surface area contributed by atoms with E-state index in [0.29, 0.717) is 41.5 Å². The highest BCUT2D eigenvalue weighted by Gasteiger charge is 2.19. The molecule has 3 aromatic rings. The van der Waals surface area contributed by atoms with Crippen molar-refractivity contribution >= 4 is 21.6 Å². The molecule has 0 saturated carbocycles. The lowest BCUT2D eigenvalue weighted by atomic mass is 10.1. The zero-order valence-corrected chi connectivity index (χ0v) is 18.9. The molecule has 31 heavy (non-hydrogen) atoms. The van der Waals surface area contributed by atoms with E-state index in [1.54, 1.807) is 13.2 Å². The van der Waals surface area contributed by atoms with Crippen LogP contribution < -0.4 is 10.3 Å². The van der Waals surface area contributed by atoms with Gasteiger partial charge in [-0.3, -0.25) is 9.69 Å². The van der Waals surface area contributed by atoms with E-state index in [-0.39, 0.29) is 18.2 Å². The van der Waals surface area contributed by atoms with E-state index in [1.165, 1.54) is 11.3 Å². The SMILES string of the molecule is C=CCOCC(O)CN(Cc1nc2scc(-c3ccccc3OC)c2c(=O)[nH]1)C(C)C. The van der Waals surface area contributed by atoms with Gasteiger partial charge < -0.3 is 19.6 Å². The van der Waals surface area contributed by atoms with Crippen molar-refractivity contribution in [3.05, 3.63) is 58.5 Å². The second-order valence-corrected chi connectivity index (χ2v) is 8.40. The number of aromatic amines is 1. The largest absolute Gasteiger partial charge is 0.496 e. The molecular formula is C23H29N3O4S. The lowest BCUT2D eigenvalue weighted by molar-refractivity contribution is 0.0172. The first kappa shape index (κ1) is 23.1. The first-order valence-corrected chi connectivity index (χ1v) is 11.1. The third kappa shape index (κ3) is 5.59. The highest BCUT2D eigenvalue weighted by Crippen LogP contribution is 2.36. The number of rotatable bonds is 11. The molecule has 7 nitrogen and oxygen atoms in total. The summed E-state index contributed by atoms with van der Waals surface area (Å²) in [7, 11) is 1.62. The van der Waals surface area contributed by atoms with Gasteiger partial charge in [0.15, 0.2) is 0 Å². The quantitative estimate of drug-likeness (QED) is 0.349. The summed E-state index contributed by atoms with van der Waals surface area (Å²) < 4.78 is 10.8. The van der Waals surface area contributed by atoms with Crippen molar-refractivity contribution in [2.75, 3.05) is 26.9 Å². The van der Waals surface area contributed by atoms with Crippen LogP contribution in [0.2, 0.25) is 0 Å². The fraction of sp³-hybridized carbons (Fsp3) is 0.391. The molecule has 0 aliphatic rings. The molecule has 8 heteroatoms. The van der Waals surface area contributed by atoms with E-state index in [0.717, 1.165) is 11.1 Å². The predicted molar refractivity (Wildman–Crippen MR) is 125 cm³/mol. The molecule has 0 aliphatic heterocycles. The number of nitrogens with one attached hydrogen (secondary N) is 1. The molecule has 2 N–H and O–H groups in total. The van der Waals surface area contributed by atoms with Crippen molar-refractivity contribution in [3.8, 4) is 16.9 Å². The molecule has 0 fully saturated rings. The zero-order valence-electron chi connectivity index (χ0n) is 18.1. The van der Waals surface area contributed by atoms with Crippen molar-refractivity contribution in [2.24, 2.45) is 0 Å². The minimum absolute atomic E-state index is 0.155. The minimum atomic E-state index is -0.642. The number of benzene rings is 1. The van der Waals surface area contributed by atoms with Gasteiger partial charge in [-0.15, -0.1) is 17.9 Å². The number of aliphatic hydroxyl groups excluding tert-OH is 1. The van der Waals surface area contributed by atoms with Gasteiger partial charge in [-0.25, -0.2) is 4.98 Å². The highest BCUT2D eigenvalue weighted by molar-refractivity contribution is 7.17. The Morgan fingerprint density at radius 3 is 2.81 bits per heavy atom. The molecule has 0 saturated heterocycles. The third-order valence-corrected chi connectivity index (χ3v) is 5.84. The summed E-state index contributed by atoms with van der Waals surface area (Å²) in [6.45, 7) is 9.14. The summed E-state index contributed by atoms with van der Waals surface area (Å²) in [6, 6.07) is 7.78. The molecule has 0 radical (unpaired) electrons. The molecule has 0 bridgehead atoms. The van der Waals surface area contributed by atoms with Crippen LogP contribution in [0.25, 0.3) is 21.3 Å². The Labute approximate surface area is 186 Å². The first-order chi connectivity index (χ1) is 14.9. The molecule has 2 aromatic heterocycles. The summed E-state index contributed by atoms with van der Waals surface area (Å²) >= 11 is 1.44. The Kier molecular flexibility index (Phi) is 7.97. The maximum Gasteiger partial charge on any atom is 0.260 e. The lowest BCUT2D eigenvalue weighted by Crippen LogP contribution is -2.39. The number of hydrogen-bond donors (Lipinski definition) is 2. The zero-order chi connectivity index (χ0) is 22.4. The second kappa shape index (κ2) is 10.7. The summed E-state index contributed by atoms with van der Waals surface area (Å²) in [6.07, 6.45) is 1.01. The maximum atomic E-state index is 13.0. The maximum absolute atomic E-state index is 13.0. The van der Waals surface area contributed by atoms with E-state index in [1.807, 2.05) is 43.5 Å². The Morgan fingerprint density at radius 2 is 2.10 bits per heavy atom. The molecule has 0 spiro atoms. The monoisotopic (exact) mass is 443 g/mol. The Bertz CT molecular complexity index is 1080. The second-order valence-electron chi connectivity index (χ2n) is 7.55. The molecule has 2 heterocycles. The van der Waals surface area contributed by atoms with Crippen molar-refractivity contribution in [1.82, 2.24) is 14.9 Å². The van der Waals surface area contributed by atoms with Crippen LogP contribution in [0.4, 0.5) is 0 Å². The first-order valence-electron chi connectivity index (χ1n) is 10.2. The number of ether oxygens (including phenoxy) is 2. The number of nitrogens with zero attached hydrogens (tertiary/aromatic N) is 2. The smallest absolute Gasteiger partial charge is 0.260 e. The Morgan fingerprint density at radius 1 is 1.32 bits per heavy atom. The number of thiophene rings is 1. The van der Waals surface area contributed by atoms with Crippen molar-refractivity contribution in [1.29, 1.82) is 0 Å². The minimum Gasteiger partial charge on any atom is -0.496 e. The van der Waals surface area contributed by atoms with E-state index >= 15 is 0 Å². The van der Waals surface area contributed by atoms with E-state index < -0.39 is 6.10 Å². The van der Waals surface area contributed by atoms with Gasteiger partial charge in [-0.1, -0.05) is 24.3 Å². The number of aliphatic hydroxyl groups is 1. The molecule has 1 aromatic carbocycles. The number of H-pyrrole nitrogens is 1. The Hall–Kier alpha value is -2.52. The molecule has 1 atom stereocenters. The van der Waals surface area contributed by atoms with Crippen molar-refractivity contribution < 1.29 is 14.6 Å². The summed E-state index contributed by atoms with van der Waals surface area (Å²) in [5.41, 5.74) is 1.50. The lowest BCUT2D eigenvalue weighted by Gasteiger charge is -2.28. The van der Waals surface area contributed by atoms with Gasteiger partial charge in [0.1, 0.15) is 16.4 Å². The fourth-order valence-electron chi connectivity index (χ4n) is 3.39. The fourth-order valence-corrected chi connectivity index (χ4v) is 4.35. The van der Waals surface area contributed by atoms with E-state index in [9.17, 15) is 9.90 Å². The van der Waals surface area contributed by atoms with Crippen molar-refractivity contribution in [2.45, 2.75) is 32.5 Å². The average Bonchev–Trinajstić information content (AvgIpc) is 3.17. The van der Waals surface area contributed by atoms with Crippen LogP contribution in [-0.4, -0.2) is 59.0 Å². The van der Waals surface area contributed by atoms with Gasteiger partial charge in [-0.05, 0) is 19.9 Å². The number of aromatic nitrogens is 2. The van der Waals surface area contributed by atoms with E-state index in [2.05, 4.69) is 16.5 Å². The Balaban J connectivity index is 1.85.